The van der Waals surface area contributed by atoms with Crippen molar-refractivity contribution in [2.45, 2.75) is 25.7 Å². The van der Waals surface area contributed by atoms with Crippen LogP contribution >= 0.6 is 0 Å². The minimum atomic E-state index is 0.792. The lowest BCUT2D eigenvalue weighted by molar-refractivity contribution is 0.459. The number of fused-ring (bicyclic) bond motifs is 1. The summed E-state index contributed by atoms with van der Waals surface area (Å²) in [6.45, 7) is 1.13. The highest BCUT2D eigenvalue weighted by molar-refractivity contribution is 5.45. The normalized spacial score (nSPS) is 20.7. The minimum absolute atomic E-state index is 0.792. The third-order valence-corrected chi connectivity index (χ3v) is 3.29. The van der Waals surface area contributed by atoms with Crippen LogP contribution in [-0.4, -0.2) is 13.6 Å². The molecule has 2 heteroatoms. The van der Waals surface area contributed by atoms with Crippen LogP contribution in [0.1, 0.15) is 24.0 Å². The first-order valence-corrected chi connectivity index (χ1v) is 5.81. The largest absolute Gasteiger partial charge is 0.399 e. The lowest BCUT2D eigenvalue weighted by Gasteiger charge is -2.13. The standard InChI is InChI=1S/C13H20N2/c1-15-9-10-3-2-4-11-8-13(14)6-5-12(11)7-10/h5-6,8,10,15H,2-4,7,9,14H2,1H3. The third kappa shape index (κ3) is 2.51. The van der Waals surface area contributed by atoms with Gasteiger partial charge in [0, 0.05) is 5.69 Å². The number of aryl methyl sites for hydroxylation is 1. The summed E-state index contributed by atoms with van der Waals surface area (Å²) >= 11 is 0. The van der Waals surface area contributed by atoms with Gasteiger partial charge in [-0.2, -0.15) is 0 Å². The van der Waals surface area contributed by atoms with E-state index in [-0.39, 0.29) is 0 Å². The van der Waals surface area contributed by atoms with Crippen molar-refractivity contribution in [2.75, 3.05) is 19.3 Å². The molecule has 0 aromatic heterocycles. The molecule has 1 atom stereocenters. The predicted molar refractivity (Wildman–Crippen MR) is 64.9 cm³/mol. The smallest absolute Gasteiger partial charge is 0.0316 e. The van der Waals surface area contributed by atoms with Crippen LogP contribution in [0.15, 0.2) is 18.2 Å². The molecule has 0 aliphatic heterocycles. The van der Waals surface area contributed by atoms with E-state index in [0.29, 0.717) is 0 Å². The molecule has 0 radical (unpaired) electrons. The second-order valence-electron chi connectivity index (χ2n) is 4.55. The molecule has 0 saturated heterocycles. The number of nitrogens with two attached hydrogens (primary N) is 1. The Balaban J connectivity index is 2.18. The number of anilines is 1. The molecular weight excluding hydrogens is 184 g/mol. The summed E-state index contributed by atoms with van der Waals surface area (Å²) in [7, 11) is 2.04. The fourth-order valence-electron chi connectivity index (χ4n) is 2.53. The number of nitrogens with one attached hydrogen (secondary N) is 1. The van der Waals surface area contributed by atoms with Gasteiger partial charge in [0.25, 0.3) is 0 Å². The first kappa shape index (κ1) is 10.5. The summed E-state index contributed by atoms with van der Waals surface area (Å²) in [5, 5.41) is 3.28. The molecule has 1 aromatic carbocycles. The zero-order valence-corrected chi connectivity index (χ0v) is 9.42. The quantitative estimate of drug-likeness (QED) is 0.571. The molecule has 15 heavy (non-hydrogen) atoms. The fraction of sp³-hybridized carbons (Fsp3) is 0.538. The SMILES string of the molecule is CNCC1CCCc2cc(N)ccc2C1. The van der Waals surface area contributed by atoms with Gasteiger partial charge in [-0.1, -0.05) is 6.07 Å². The Morgan fingerprint density at radius 1 is 1.40 bits per heavy atom. The summed E-state index contributed by atoms with van der Waals surface area (Å²) in [6, 6.07) is 6.39. The van der Waals surface area contributed by atoms with Gasteiger partial charge in [0.1, 0.15) is 0 Å². The maximum Gasteiger partial charge on any atom is 0.0316 e. The van der Waals surface area contributed by atoms with Crippen LogP contribution in [0.3, 0.4) is 0 Å². The predicted octanol–water partition coefficient (Wildman–Crippen LogP) is 1.98. The zero-order valence-electron chi connectivity index (χ0n) is 9.42. The van der Waals surface area contributed by atoms with Gasteiger partial charge in [0.05, 0.1) is 0 Å². The van der Waals surface area contributed by atoms with Crippen molar-refractivity contribution in [1.29, 1.82) is 0 Å². The van der Waals surface area contributed by atoms with Crippen molar-refractivity contribution in [1.82, 2.24) is 5.32 Å². The molecule has 0 fully saturated rings. The van der Waals surface area contributed by atoms with E-state index in [1.54, 1.807) is 0 Å². The Labute approximate surface area is 91.9 Å². The van der Waals surface area contributed by atoms with Crippen LogP contribution in [-0.2, 0) is 12.8 Å². The van der Waals surface area contributed by atoms with E-state index in [2.05, 4.69) is 17.4 Å². The molecule has 1 aliphatic rings. The molecule has 82 valence electrons. The van der Waals surface area contributed by atoms with Gasteiger partial charge in [0.2, 0.25) is 0 Å². The number of benzene rings is 1. The molecule has 0 bridgehead atoms. The second kappa shape index (κ2) is 4.67. The molecule has 1 aromatic rings. The van der Waals surface area contributed by atoms with Gasteiger partial charge in [-0.25, -0.2) is 0 Å². The molecule has 0 saturated carbocycles. The summed E-state index contributed by atoms with van der Waals surface area (Å²) in [5.41, 5.74) is 9.69. The van der Waals surface area contributed by atoms with Crippen molar-refractivity contribution < 1.29 is 0 Å². The molecule has 1 unspecified atom stereocenters. The Bertz CT molecular complexity index is 333. The molecule has 1 aliphatic carbocycles. The number of hydrogen-bond acceptors (Lipinski definition) is 2. The maximum atomic E-state index is 5.81. The van der Waals surface area contributed by atoms with Crippen molar-refractivity contribution in [2.24, 2.45) is 5.92 Å². The average molecular weight is 204 g/mol. The summed E-state index contributed by atoms with van der Waals surface area (Å²) in [5.74, 6) is 0.792. The van der Waals surface area contributed by atoms with Gasteiger partial charge in [-0.15, -0.1) is 0 Å². The lowest BCUT2D eigenvalue weighted by Crippen LogP contribution is -2.20. The van der Waals surface area contributed by atoms with Crippen LogP contribution < -0.4 is 11.1 Å². The topological polar surface area (TPSA) is 38.0 Å². The maximum absolute atomic E-state index is 5.81. The molecule has 0 spiro atoms. The third-order valence-electron chi connectivity index (χ3n) is 3.29. The van der Waals surface area contributed by atoms with Gasteiger partial charge in [0.15, 0.2) is 0 Å². The van der Waals surface area contributed by atoms with Crippen molar-refractivity contribution >= 4 is 5.69 Å². The number of nitrogen functional groups attached to an aromatic ring is 1. The molecule has 3 N–H and O–H groups in total. The molecule has 0 amide bonds. The minimum Gasteiger partial charge on any atom is -0.399 e. The second-order valence-corrected chi connectivity index (χ2v) is 4.55. The molecule has 0 heterocycles. The summed E-state index contributed by atoms with van der Waals surface area (Å²) < 4.78 is 0. The van der Waals surface area contributed by atoms with Crippen LogP contribution in [0.5, 0.6) is 0 Å². The van der Waals surface area contributed by atoms with Gasteiger partial charge < -0.3 is 11.1 Å². The summed E-state index contributed by atoms with van der Waals surface area (Å²) in [4.78, 5) is 0. The van der Waals surface area contributed by atoms with Crippen molar-refractivity contribution in [3.8, 4) is 0 Å². The van der Waals surface area contributed by atoms with E-state index in [1.165, 1.54) is 36.8 Å². The lowest BCUT2D eigenvalue weighted by atomic mass is 9.96. The van der Waals surface area contributed by atoms with Crippen molar-refractivity contribution in [3.63, 3.8) is 0 Å². The Morgan fingerprint density at radius 2 is 2.27 bits per heavy atom. The van der Waals surface area contributed by atoms with Crippen molar-refractivity contribution in [3.05, 3.63) is 29.3 Å². The zero-order chi connectivity index (χ0) is 10.7. The highest BCUT2D eigenvalue weighted by atomic mass is 14.8. The van der Waals surface area contributed by atoms with E-state index < -0.39 is 0 Å². The Hall–Kier alpha value is -1.02. The average Bonchev–Trinajstić information content (AvgIpc) is 2.40. The highest BCUT2D eigenvalue weighted by Gasteiger charge is 2.15. The van der Waals surface area contributed by atoms with Gasteiger partial charge >= 0.3 is 0 Å². The number of hydrogen-bond donors (Lipinski definition) is 2. The number of rotatable bonds is 2. The molecular formula is C13H20N2. The van der Waals surface area contributed by atoms with E-state index >= 15 is 0 Å². The van der Waals surface area contributed by atoms with Crippen LogP contribution in [0.4, 0.5) is 5.69 Å². The van der Waals surface area contributed by atoms with E-state index in [0.717, 1.165) is 18.2 Å². The van der Waals surface area contributed by atoms with Crippen LogP contribution in [0.25, 0.3) is 0 Å². The monoisotopic (exact) mass is 204 g/mol. The summed E-state index contributed by atoms with van der Waals surface area (Å²) in [6.07, 6.45) is 5.02. The fourth-order valence-corrected chi connectivity index (χ4v) is 2.53. The molecule has 2 nitrogen and oxygen atoms in total. The van der Waals surface area contributed by atoms with E-state index in [9.17, 15) is 0 Å². The van der Waals surface area contributed by atoms with Crippen LogP contribution in [0.2, 0.25) is 0 Å². The first-order chi connectivity index (χ1) is 7.29. The first-order valence-electron chi connectivity index (χ1n) is 5.81. The van der Waals surface area contributed by atoms with E-state index in [1.807, 2.05) is 13.1 Å². The van der Waals surface area contributed by atoms with E-state index in [4.69, 9.17) is 5.73 Å². The Kier molecular flexibility index (Phi) is 3.27. The Morgan fingerprint density at radius 3 is 3.07 bits per heavy atom. The highest BCUT2D eigenvalue weighted by Crippen LogP contribution is 2.25. The van der Waals surface area contributed by atoms with Gasteiger partial charge in [-0.3, -0.25) is 0 Å². The van der Waals surface area contributed by atoms with Gasteiger partial charge in [-0.05, 0) is 68.5 Å². The molecule has 2 rings (SSSR count). The van der Waals surface area contributed by atoms with Crippen LogP contribution in [0, 0.1) is 5.92 Å².